The molecule has 0 unspecified atom stereocenters. The lowest BCUT2D eigenvalue weighted by Gasteiger charge is -2.16. The third kappa shape index (κ3) is 3.14. The van der Waals surface area contributed by atoms with Crippen LogP contribution in [0.3, 0.4) is 0 Å². The van der Waals surface area contributed by atoms with E-state index >= 15 is 0 Å². The molecule has 0 aromatic carbocycles. The Bertz CT molecular complexity index is 851. The van der Waals surface area contributed by atoms with Crippen LogP contribution >= 0.6 is 22.7 Å². The molecule has 3 aromatic rings. The Morgan fingerprint density at radius 1 is 1.46 bits per heavy atom. The predicted molar refractivity (Wildman–Crippen MR) is 92.2 cm³/mol. The first-order valence-corrected chi connectivity index (χ1v) is 9.53. The van der Waals surface area contributed by atoms with Gasteiger partial charge < -0.3 is 9.15 Å². The first-order valence-electron chi connectivity index (χ1n) is 7.84. The minimum absolute atomic E-state index is 0.00379. The van der Waals surface area contributed by atoms with Crippen molar-refractivity contribution in [3.05, 3.63) is 44.8 Å². The van der Waals surface area contributed by atoms with E-state index < -0.39 is 0 Å². The van der Waals surface area contributed by atoms with Gasteiger partial charge in [0.25, 0.3) is 11.8 Å². The Morgan fingerprint density at radius 2 is 2.38 bits per heavy atom. The van der Waals surface area contributed by atoms with Crippen molar-refractivity contribution < 1.29 is 13.9 Å². The highest BCUT2D eigenvalue weighted by Gasteiger charge is 2.21. The van der Waals surface area contributed by atoms with Crippen molar-refractivity contribution in [3.63, 3.8) is 0 Å². The van der Waals surface area contributed by atoms with Crippen LogP contribution < -0.4 is 0 Å². The number of carbonyl (C=O) groups excluding carboxylic acids is 1. The zero-order chi connectivity index (χ0) is 16.5. The first-order chi connectivity index (χ1) is 11.7. The van der Waals surface area contributed by atoms with E-state index in [1.54, 1.807) is 11.3 Å². The highest BCUT2D eigenvalue weighted by molar-refractivity contribution is 7.14. The van der Waals surface area contributed by atoms with Crippen LogP contribution in [-0.2, 0) is 24.2 Å². The predicted octanol–water partition coefficient (Wildman–Crippen LogP) is 4.34. The molecule has 0 amide bonds. The van der Waals surface area contributed by atoms with Gasteiger partial charge in [-0.3, -0.25) is 0 Å². The molecule has 0 saturated carbocycles. The summed E-state index contributed by atoms with van der Waals surface area (Å²) in [4.78, 5) is 15.1. The average Bonchev–Trinajstić information content (AvgIpc) is 3.30. The normalized spacial score (nSPS) is 16.8. The molecule has 0 bridgehead atoms. The molecule has 3 aromatic heterocycles. The molecule has 1 aliphatic rings. The summed E-state index contributed by atoms with van der Waals surface area (Å²) in [5.74, 6) is 1.13. The van der Waals surface area contributed by atoms with Crippen LogP contribution in [0.1, 0.15) is 39.3 Å². The van der Waals surface area contributed by atoms with Crippen molar-refractivity contribution in [2.24, 2.45) is 5.92 Å². The number of aryl methyl sites for hydroxylation is 1. The summed E-state index contributed by atoms with van der Waals surface area (Å²) in [5.41, 5.74) is 1.29. The molecule has 0 saturated heterocycles. The maximum atomic E-state index is 12.3. The molecule has 1 aliphatic carbocycles. The van der Waals surface area contributed by atoms with Crippen molar-refractivity contribution in [2.45, 2.75) is 32.8 Å². The van der Waals surface area contributed by atoms with Gasteiger partial charge in [0, 0.05) is 4.88 Å². The van der Waals surface area contributed by atoms with Gasteiger partial charge in [0.05, 0.1) is 4.88 Å². The lowest BCUT2D eigenvalue weighted by molar-refractivity contribution is 0.0444. The van der Waals surface area contributed by atoms with Crippen molar-refractivity contribution in [1.29, 1.82) is 0 Å². The van der Waals surface area contributed by atoms with Crippen LogP contribution in [0.4, 0.5) is 0 Å². The van der Waals surface area contributed by atoms with Gasteiger partial charge in [-0.15, -0.1) is 32.9 Å². The molecular weight excluding hydrogens is 344 g/mol. The Hall–Kier alpha value is -1.99. The van der Waals surface area contributed by atoms with Crippen LogP contribution in [0.5, 0.6) is 0 Å². The number of hydrogen-bond donors (Lipinski definition) is 0. The molecule has 0 fully saturated rings. The zero-order valence-corrected chi connectivity index (χ0v) is 14.8. The fourth-order valence-corrected chi connectivity index (χ4v) is 4.56. The molecular formula is C17H16N2O3S2. The standard InChI is InChI=1S/C17H16N2O3S2/c1-10-4-5-12-11(7-10)8-14(24-12)17(20)21-9-15-18-19-16(22-15)13-3-2-6-23-13/h2-3,6,8,10H,4-5,7,9H2,1H3/t10-/m0/s1. The number of carbonyl (C=O) groups is 1. The summed E-state index contributed by atoms with van der Waals surface area (Å²) in [7, 11) is 0. The van der Waals surface area contributed by atoms with Gasteiger partial charge in [0.1, 0.15) is 4.88 Å². The number of rotatable bonds is 4. The second-order valence-electron chi connectivity index (χ2n) is 5.96. The fourth-order valence-electron chi connectivity index (χ4n) is 2.82. The SMILES string of the molecule is C[C@H]1CCc2sc(C(=O)OCc3nnc(-c4cccs4)o3)cc2C1. The summed E-state index contributed by atoms with van der Waals surface area (Å²) in [6.07, 6.45) is 3.30. The van der Waals surface area contributed by atoms with Crippen LogP contribution in [-0.4, -0.2) is 16.2 Å². The van der Waals surface area contributed by atoms with Crippen molar-refractivity contribution in [1.82, 2.24) is 10.2 Å². The molecule has 0 N–H and O–H groups in total. The highest BCUT2D eigenvalue weighted by Crippen LogP contribution is 2.32. The number of esters is 1. The van der Waals surface area contributed by atoms with E-state index in [0.717, 1.165) is 17.7 Å². The molecule has 124 valence electrons. The number of thiophene rings is 2. The van der Waals surface area contributed by atoms with E-state index in [-0.39, 0.29) is 12.6 Å². The summed E-state index contributed by atoms with van der Waals surface area (Å²) in [6.45, 7) is 2.25. The third-order valence-electron chi connectivity index (χ3n) is 4.06. The molecule has 5 nitrogen and oxygen atoms in total. The van der Waals surface area contributed by atoms with Crippen LogP contribution in [0.25, 0.3) is 10.8 Å². The smallest absolute Gasteiger partial charge is 0.348 e. The number of fused-ring (bicyclic) bond motifs is 1. The molecule has 0 aliphatic heterocycles. The van der Waals surface area contributed by atoms with Gasteiger partial charge in [0.15, 0.2) is 6.61 Å². The molecule has 4 rings (SSSR count). The largest absolute Gasteiger partial charge is 0.451 e. The Morgan fingerprint density at radius 3 is 3.21 bits per heavy atom. The zero-order valence-electron chi connectivity index (χ0n) is 13.2. The van der Waals surface area contributed by atoms with Crippen LogP contribution in [0, 0.1) is 5.92 Å². The minimum Gasteiger partial charge on any atom is -0.451 e. The summed E-state index contributed by atoms with van der Waals surface area (Å²) >= 11 is 3.07. The van der Waals surface area contributed by atoms with E-state index in [1.165, 1.54) is 28.2 Å². The monoisotopic (exact) mass is 360 g/mol. The van der Waals surface area contributed by atoms with Crippen LogP contribution in [0.2, 0.25) is 0 Å². The molecule has 1 atom stereocenters. The van der Waals surface area contributed by atoms with Crippen molar-refractivity contribution in [3.8, 4) is 10.8 Å². The quantitative estimate of drug-likeness (QED) is 0.648. The Balaban J connectivity index is 1.40. The summed E-state index contributed by atoms with van der Waals surface area (Å²) in [6, 6.07) is 5.80. The molecule has 0 radical (unpaired) electrons. The number of ether oxygens (including phenoxy) is 1. The lowest BCUT2D eigenvalue weighted by Crippen LogP contribution is -2.08. The maximum Gasteiger partial charge on any atom is 0.348 e. The molecule has 3 heterocycles. The highest BCUT2D eigenvalue weighted by atomic mass is 32.1. The fraction of sp³-hybridized carbons (Fsp3) is 0.353. The second kappa shape index (κ2) is 6.49. The van der Waals surface area contributed by atoms with Gasteiger partial charge in [-0.25, -0.2) is 4.79 Å². The number of aromatic nitrogens is 2. The van der Waals surface area contributed by atoms with Crippen molar-refractivity contribution >= 4 is 28.6 Å². The van der Waals surface area contributed by atoms with E-state index in [2.05, 4.69) is 17.1 Å². The second-order valence-corrected chi connectivity index (χ2v) is 8.05. The van der Waals surface area contributed by atoms with E-state index in [0.29, 0.717) is 22.6 Å². The molecule has 0 spiro atoms. The van der Waals surface area contributed by atoms with E-state index in [4.69, 9.17) is 9.15 Å². The summed E-state index contributed by atoms with van der Waals surface area (Å²) in [5, 5.41) is 9.85. The average molecular weight is 360 g/mol. The first kappa shape index (κ1) is 15.5. The number of nitrogens with zero attached hydrogens (tertiary/aromatic N) is 2. The third-order valence-corrected chi connectivity index (χ3v) is 6.13. The Labute approximate surface area is 147 Å². The summed E-state index contributed by atoms with van der Waals surface area (Å²) < 4.78 is 10.9. The van der Waals surface area contributed by atoms with E-state index in [1.807, 2.05) is 23.6 Å². The van der Waals surface area contributed by atoms with Gasteiger partial charge in [-0.1, -0.05) is 13.0 Å². The topological polar surface area (TPSA) is 65.2 Å². The minimum atomic E-state index is -0.321. The van der Waals surface area contributed by atoms with Crippen molar-refractivity contribution in [2.75, 3.05) is 0 Å². The van der Waals surface area contributed by atoms with Gasteiger partial charge >= 0.3 is 5.97 Å². The van der Waals surface area contributed by atoms with Crippen LogP contribution in [0.15, 0.2) is 28.0 Å². The van der Waals surface area contributed by atoms with E-state index in [9.17, 15) is 4.79 Å². The van der Waals surface area contributed by atoms with Gasteiger partial charge in [-0.2, -0.15) is 0 Å². The maximum absolute atomic E-state index is 12.3. The lowest BCUT2D eigenvalue weighted by atomic mass is 9.90. The van der Waals surface area contributed by atoms with Gasteiger partial charge in [-0.05, 0) is 48.3 Å². The molecule has 24 heavy (non-hydrogen) atoms. The number of hydrogen-bond acceptors (Lipinski definition) is 7. The Kier molecular flexibility index (Phi) is 4.20. The molecule has 7 heteroatoms. The van der Waals surface area contributed by atoms with Gasteiger partial charge in [0.2, 0.25) is 0 Å².